The molecule has 0 heterocycles. The first-order valence-electron chi connectivity index (χ1n) is 4.22. The highest BCUT2D eigenvalue weighted by Gasteiger charge is 2.29. The van der Waals surface area contributed by atoms with E-state index in [0.29, 0.717) is 25.9 Å². The summed E-state index contributed by atoms with van der Waals surface area (Å²) in [6, 6.07) is 0. The summed E-state index contributed by atoms with van der Waals surface area (Å²) in [5, 5.41) is 0. The Balaban J connectivity index is 3.88. The van der Waals surface area contributed by atoms with Crippen LogP contribution in [0.25, 0.3) is 0 Å². The number of hydrogen-bond donors (Lipinski definition) is 0. The van der Waals surface area contributed by atoms with Gasteiger partial charge in [0.1, 0.15) is 0 Å². The molecule has 0 aliphatic heterocycles. The van der Waals surface area contributed by atoms with Crippen LogP contribution in [-0.2, 0) is 0 Å². The van der Waals surface area contributed by atoms with Crippen molar-refractivity contribution in [3.63, 3.8) is 0 Å². The Hall–Kier alpha value is -0.690. The van der Waals surface area contributed by atoms with E-state index in [1.54, 1.807) is 0 Å². The van der Waals surface area contributed by atoms with Crippen LogP contribution in [0, 0.1) is 12.3 Å². The SMILES string of the molecule is C#CCCN(CCC)CC(F)(F)F. The van der Waals surface area contributed by atoms with Crippen LogP contribution in [0.5, 0.6) is 0 Å². The Bertz CT molecular complexity index is 169. The molecule has 0 aromatic heterocycles. The van der Waals surface area contributed by atoms with E-state index in [1.165, 1.54) is 4.90 Å². The Labute approximate surface area is 76.9 Å². The van der Waals surface area contributed by atoms with E-state index in [2.05, 4.69) is 5.92 Å². The number of rotatable bonds is 5. The molecule has 0 spiro atoms. The van der Waals surface area contributed by atoms with Crippen molar-refractivity contribution in [3.05, 3.63) is 0 Å². The highest BCUT2D eigenvalue weighted by molar-refractivity contribution is 4.85. The van der Waals surface area contributed by atoms with Gasteiger partial charge in [0.2, 0.25) is 0 Å². The third-order valence-corrected chi connectivity index (χ3v) is 1.52. The minimum Gasteiger partial charge on any atom is -0.294 e. The lowest BCUT2D eigenvalue weighted by molar-refractivity contribution is -0.145. The second-order valence-corrected chi connectivity index (χ2v) is 2.85. The molecular formula is C9H14F3N. The molecule has 0 saturated heterocycles. The highest BCUT2D eigenvalue weighted by Crippen LogP contribution is 2.16. The van der Waals surface area contributed by atoms with Crippen molar-refractivity contribution in [2.75, 3.05) is 19.6 Å². The van der Waals surface area contributed by atoms with Crippen LogP contribution in [0.3, 0.4) is 0 Å². The van der Waals surface area contributed by atoms with Crippen molar-refractivity contribution in [2.24, 2.45) is 0 Å². The molecule has 1 nitrogen and oxygen atoms in total. The summed E-state index contributed by atoms with van der Waals surface area (Å²) >= 11 is 0. The van der Waals surface area contributed by atoms with Crippen LogP contribution in [0.15, 0.2) is 0 Å². The largest absolute Gasteiger partial charge is 0.401 e. The molecule has 0 amide bonds. The van der Waals surface area contributed by atoms with Gasteiger partial charge in [-0.05, 0) is 13.0 Å². The van der Waals surface area contributed by atoms with Crippen molar-refractivity contribution < 1.29 is 13.2 Å². The van der Waals surface area contributed by atoms with Crippen LogP contribution in [0.2, 0.25) is 0 Å². The molecule has 0 aromatic rings. The smallest absolute Gasteiger partial charge is 0.294 e. The van der Waals surface area contributed by atoms with Gasteiger partial charge >= 0.3 is 6.18 Å². The first kappa shape index (κ1) is 12.3. The first-order valence-corrected chi connectivity index (χ1v) is 4.22. The second kappa shape index (κ2) is 5.87. The van der Waals surface area contributed by atoms with Crippen LogP contribution < -0.4 is 0 Å². The molecule has 0 fully saturated rings. The predicted molar refractivity (Wildman–Crippen MR) is 46.2 cm³/mol. The van der Waals surface area contributed by atoms with Gasteiger partial charge in [0.25, 0.3) is 0 Å². The number of hydrogen-bond acceptors (Lipinski definition) is 1. The van der Waals surface area contributed by atoms with Crippen molar-refractivity contribution in [1.82, 2.24) is 4.90 Å². The maximum atomic E-state index is 12.0. The molecule has 13 heavy (non-hydrogen) atoms. The van der Waals surface area contributed by atoms with Gasteiger partial charge in [-0.2, -0.15) is 13.2 Å². The first-order chi connectivity index (χ1) is 5.99. The number of halogens is 3. The molecule has 0 saturated carbocycles. The molecule has 76 valence electrons. The van der Waals surface area contributed by atoms with Gasteiger partial charge in [-0.25, -0.2) is 0 Å². The second-order valence-electron chi connectivity index (χ2n) is 2.85. The van der Waals surface area contributed by atoms with Gasteiger partial charge in [0, 0.05) is 13.0 Å². The van der Waals surface area contributed by atoms with Gasteiger partial charge in [0.15, 0.2) is 0 Å². The van der Waals surface area contributed by atoms with Crippen LogP contribution >= 0.6 is 0 Å². The molecule has 0 radical (unpaired) electrons. The quantitative estimate of drug-likeness (QED) is 0.605. The van der Waals surface area contributed by atoms with E-state index >= 15 is 0 Å². The molecule has 0 atom stereocenters. The van der Waals surface area contributed by atoms with Gasteiger partial charge in [0.05, 0.1) is 6.54 Å². The lowest BCUT2D eigenvalue weighted by Gasteiger charge is -2.21. The van der Waals surface area contributed by atoms with Crippen molar-refractivity contribution in [3.8, 4) is 12.3 Å². The summed E-state index contributed by atoms with van der Waals surface area (Å²) in [4.78, 5) is 1.33. The predicted octanol–water partition coefficient (Wildman–Crippen LogP) is 2.28. The molecule has 0 unspecified atom stereocenters. The molecule has 0 aromatic carbocycles. The average molecular weight is 193 g/mol. The Morgan fingerprint density at radius 1 is 1.31 bits per heavy atom. The molecule has 4 heteroatoms. The summed E-state index contributed by atoms with van der Waals surface area (Å²) in [7, 11) is 0. The lowest BCUT2D eigenvalue weighted by Crippen LogP contribution is -2.35. The van der Waals surface area contributed by atoms with Gasteiger partial charge in [-0.3, -0.25) is 4.90 Å². The molecule has 0 aliphatic carbocycles. The molecule has 0 bridgehead atoms. The van der Waals surface area contributed by atoms with E-state index in [0.717, 1.165) is 0 Å². The van der Waals surface area contributed by atoms with Gasteiger partial charge in [-0.15, -0.1) is 12.3 Å². The molecule has 0 N–H and O–H groups in total. The highest BCUT2D eigenvalue weighted by atomic mass is 19.4. The molecule has 0 rings (SSSR count). The zero-order valence-corrected chi connectivity index (χ0v) is 7.69. The van der Waals surface area contributed by atoms with Crippen LogP contribution in [-0.4, -0.2) is 30.7 Å². The van der Waals surface area contributed by atoms with Crippen molar-refractivity contribution >= 4 is 0 Å². The molecular weight excluding hydrogens is 179 g/mol. The summed E-state index contributed by atoms with van der Waals surface area (Å²) in [6.45, 7) is 1.76. The van der Waals surface area contributed by atoms with Crippen LogP contribution in [0.4, 0.5) is 13.2 Å². The Morgan fingerprint density at radius 2 is 1.92 bits per heavy atom. The number of alkyl halides is 3. The zero-order chi connectivity index (χ0) is 10.3. The zero-order valence-electron chi connectivity index (χ0n) is 7.69. The van der Waals surface area contributed by atoms with E-state index in [-0.39, 0.29) is 0 Å². The minimum absolute atomic E-state index is 0.323. The summed E-state index contributed by atoms with van der Waals surface area (Å²) in [5.41, 5.74) is 0. The molecule has 0 aliphatic rings. The fourth-order valence-corrected chi connectivity index (χ4v) is 1.06. The summed E-state index contributed by atoms with van der Waals surface area (Å²) in [5.74, 6) is 2.33. The standard InChI is InChI=1S/C9H14F3N/c1-3-5-7-13(6-4-2)8-9(10,11)12/h1H,4-8H2,2H3. The normalized spacial score (nSPS) is 11.7. The minimum atomic E-state index is -4.12. The summed E-state index contributed by atoms with van der Waals surface area (Å²) in [6.07, 6.45) is 1.94. The van der Waals surface area contributed by atoms with Gasteiger partial charge < -0.3 is 0 Å². The van der Waals surface area contributed by atoms with E-state index in [4.69, 9.17) is 6.42 Å². The van der Waals surface area contributed by atoms with Crippen molar-refractivity contribution in [2.45, 2.75) is 25.9 Å². The number of terminal acetylenes is 1. The monoisotopic (exact) mass is 193 g/mol. The van der Waals surface area contributed by atoms with E-state index < -0.39 is 12.7 Å². The Morgan fingerprint density at radius 3 is 2.31 bits per heavy atom. The fraction of sp³-hybridized carbons (Fsp3) is 0.778. The fourth-order valence-electron chi connectivity index (χ4n) is 1.06. The lowest BCUT2D eigenvalue weighted by atomic mass is 10.3. The van der Waals surface area contributed by atoms with E-state index in [1.807, 2.05) is 6.92 Å². The maximum absolute atomic E-state index is 12.0. The Kier molecular flexibility index (Phi) is 5.56. The third-order valence-electron chi connectivity index (χ3n) is 1.52. The average Bonchev–Trinajstić information content (AvgIpc) is 1.98. The van der Waals surface area contributed by atoms with Crippen LogP contribution in [0.1, 0.15) is 19.8 Å². The van der Waals surface area contributed by atoms with E-state index in [9.17, 15) is 13.2 Å². The van der Waals surface area contributed by atoms with Gasteiger partial charge in [-0.1, -0.05) is 6.92 Å². The number of nitrogens with zero attached hydrogens (tertiary/aromatic N) is 1. The third kappa shape index (κ3) is 7.66. The maximum Gasteiger partial charge on any atom is 0.401 e. The van der Waals surface area contributed by atoms with Crippen molar-refractivity contribution in [1.29, 1.82) is 0 Å². The topological polar surface area (TPSA) is 3.24 Å². The summed E-state index contributed by atoms with van der Waals surface area (Å²) < 4.78 is 35.9.